The maximum atomic E-state index is 9.03. The summed E-state index contributed by atoms with van der Waals surface area (Å²) >= 11 is 5.85. The molecule has 2 aromatic heterocycles. The van der Waals surface area contributed by atoms with Crippen LogP contribution in [0.1, 0.15) is 5.69 Å². The molecule has 76 valence electrons. The topological polar surface area (TPSA) is 46.0 Å². The Morgan fingerprint density at radius 1 is 1.13 bits per heavy atom. The van der Waals surface area contributed by atoms with Gasteiger partial charge in [-0.05, 0) is 24.3 Å². The van der Waals surface area contributed by atoms with Crippen LogP contribution in [0.15, 0.2) is 36.7 Å². The Bertz CT molecular complexity index is 459. The number of pyridine rings is 2. The van der Waals surface area contributed by atoms with Gasteiger partial charge in [0.15, 0.2) is 0 Å². The van der Waals surface area contributed by atoms with Crippen LogP contribution < -0.4 is 0 Å². The van der Waals surface area contributed by atoms with E-state index in [1.54, 1.807) is 18.5 Å². The van der Waals surface area contributed by atoms with Crippen LogP contribution in [-0.2, 0) is 6.61 Å². The van der Waals surface area contributed by atoms with E-state index in [2.05, 4.69) is 9.97 Å². The van der Waals surface area contributed by atoms with Gasteiger partial charge < -0.3 is 5.11 Å². The maximum Gasteiger partial charge on any atom is 0.0868 e. The lowest BCUT2D eigenvalue weighted by molar-refractivity contribution is 0.277. The van der Waals surface area contributed by atoms with Gasteiger partial charge in [0.2, 0.25) is 0 Å². The van der Waals surface area contributed by atoms with E-state index >= 15 is 0 Å². The third-order valence-electron chi connectivity index (χ3n) is 2.04. The highest BCUT2D eigenvalue weighted by atomic mass is 35.5. The summed E-state index contributed by atoms with van der Waals surface area (Å²) in [5.74, 6) is 0. The molecule has 0 aliphatic carbocycles. The first-order valence-corrected chi connectivity index (χ1v) is 4.86. The van der Waals surface area contributed by atoms with Crippen molar-refractivity contribution in [1.82, 2.24) is 9.97 Å². The smallest absolute Gasteiger partial charge is 0.0868 e. The van der Waals surface area contributed by atoms with Gasteiger partial charge in [0, 0.05) is 18.0 Å². The van der Waals surface area contributed by atoms with E-state index in [1.165, 1.54) is 0 Å². The molecule has 3 nitrogen and oxygen atoms in total. The molecule has 0 bridgehead atoms. The number of aliphatic hydroxyl groups is 1. The van der Waals surface area contributed by atoms with Crippen LogP contribution >= 0.6 is 11.6 Å². The summed E-state index contributed by atoms with van der Waals surface area (Å²) in [7, 11) is 0. The van der Waals surface area contributed by atoms with Crippen molar-refractivity contribution in [3.8, 4) is 11.3 Å². The Morgan fingerprint density at radius 2 is 1.87 bits per heavy atom. The number of nitrogens with zero attached hydrogens (tertiary/aromatic N) is 2. The second kappa shape index (κ2) is 4.38. The second-order valence-electron chi connectivity index (χ2n) is 3.02. The zero-order chi connectivity index (χ0) is 10.7. The summed E-state index contributed by atoms with van der Waals surface area (Å²) in [6, 6.07) is 7.27. The molecule has 0 atom stereocenters. The van der Waals surface area contributed by atoms with Crippen LogP contribution in [0.2, 0.25) is 5.02 Å². The number of aromatic nitrogens is 2. The average molecular weight is 221 g/mol. The standard InChI is InChI=1S/C11H9ClN2O/c12-9-1-2-10(14-11(9)7-15)8-3-5-13-6-4-8/h1-6,15H,7H2. The summed E-state index contributed by atoms with van der Waals surface area (Å²) in [5, 5.41) is 9.51. The third kappa shape index (κ3) is 2.14. The second-order valence-corrected chi connectivity index (χ2v) is 3.43. The minimum absolute atomic E-state index is 0.155. The lowest BCUT2D eigenvalue weighted by Gasteiger charge is -2.04. The summed E-state index contributed by atoms with van der Waals surface area (Å²) in [6.45, 7) is -0.155. The van der Waals surface area contributed by atoms with Gasteiger partial charge in [-0.3, -0.25) is 4.98 Å². The highest BCUT2D eigenvalue weighted by Crippen LogP contribution is 2.20. The number of rotatable bonds is 2. The molecule has 2 heterocycles. The maximum absolute atomic E-state index is 9.03. The van der Waals surface area contributed by atoms with Gasteiger partial charge >= 0.3 is 0 Å². The van der Waals surface area contributed by atoms with Gasteiger partial charge in [-0.25, -0.2) is 4.98 Å². The third-order valence-corrected chi connectivity index (χ3v) is 2.39. The van der Waals surface area contributed by atoms with E-state index in [9.17, 15) is 0 Å². The molecule has 0 aliphatic rings. The van der Waals surface area contributed by atoms with Gasteiger partial charge in [0.05, 0.1) is 23.0 Å². The van der Waals surface area contributed by atoms with Crippen molar-refractivity contribution in [2.24, 2.45) is 0 Å². The molecular formula is C11H9ClN2O. The van der Waals surface area contributed by atoms with Crippen LogP contribution in [0.3, 0.4) is 0 Å². The van der Waals surface area contributed by atoms with Crippen molar-refractivity contribution in [3.05, 3.63) is 47.4 Å². The van der Waals surface area contributed by atoms with Gasteiger partial charge in [0.1, 0.15) is 0 Å². The molecule has 1 N–H and O–H groups in total. The van der Waals surface area contributed by atoms with Crippen molar-refractivity contribution < 1.29 is 5.11 Å². The molecule has 0 radical (unpaired) electrons. The largest absolute Gasteiger partial charge is 0.390 e. The van der Waals surface area contributed by atoms with Crippen LogP contribution in [0.25, 0.3) is 11.3 Å². The Labute approximate surface area is 92.4 Å². The lowest BCUT2D eigenvalue weighted by atomic mass is 10.2. The Balaban J connectivity index is 2.46. The molecule has 2 aromatic rings. The SMILES string of the molecule is OCc1nc(-c2ccncc2)ccc1Cl. The summed E-state index contributed by atoms with van der Waals surface area (Å²) in [5.41, 5.74) is 2.23. The highest BCUT2D eigenvalue weighted by Gasteiger charge is 2.04. The minimum atomic E-state index is -0.155. The minimum Gasteiger partial charge on any atom is -0.390 e. The summed E-state index contributed by atoms with van der Waals surface area (Å²) in [4.78, 5) is 8.18. The first-order chi connectivity index (χ1) is 7.31. The molecule has 15 heavy (non-hydrogen) atoms. The van der Waals surface area contributed by atoms with E-state index in [4.69, 9.17) is 16.7 Å². The zero-order valence-electron chi connectivity index (χ0n) is 7.89. The monoisotopic (exact) mass is 220 g/mol. The van der Waals surface area contributed by atoms with E-state index in [0.29, 0.717) is 10.7 Å². The molecule has 0 unspecified atom stereocenters. The molecular weight excluding hydrogens is 212 g/mol. The molecule has 0 saturated carbocycles. The van der Waals surface area contributed by atoms with Gasteiger partial charge in [-0.2, -0.15) is 0 Å². The van der Waals surface area contributed by atoms with Crippen LogP contribution in [-0.4, -0.2) is 15.1 Å². The zero-order valence-corrected chi connectivity index (χ0v) is 8.65. The fourth-order valence-electron chi connectivity index (χ4n) is 1.28. The van der Waals surface area contributed by atoms with E-state index in [0.717, 1.165) is 11.3 Å². The molecule has 0 aromatic carbocycles. The predicted molar refractivity (Wildman–Crippen MR) is 58.4 cm³/mol. The van der Waals surface area contributed by atoms with Gasteiger partial charge in [0.25, 0.3) is 0 Å². The summed E-state index contributed by atoms with van der Waals surface area (Å²) in [6.07, 6.45) is 3.40. The normalized spacial score (nSPS) is 10.3. The molecule has 0 aliphatic heterocycles. The summed E-state index contributed by atoms with van der Waals surface area (Å²) < 4.78 is 0. The highest BCUT2D eigenvalue weighted by molar-refractivity contribution is 6.31. The van der Waals surface area contributed by atoms with E-state index < -0.39 is 0 Å². The Hall–Kier alpha value is -1.45. The van der Waals surface area contributed by atoms with Gasteiger partial charge in [-0.1, -0.05) is 11.6 Å². The number of aliphatic hydroxyl groups excluding tert-OH is 1. The quantitative estimate of drug-likeness (QED) is 0.845. The van der Waals surface area contributed by atoms with Crippen LogP contribution in [0.4, 0.5) is 0 Å². The van der Waals surface area contributed by atoms with E-state index in [-0.39, 0.29) is 6.61 Å². The Kier molecular flexibility index (Phi) is 2.94. The van der Waals surface area contributed by atoms with Crippen LogP contribution in [0.5, 0.6) is 0 Å². The van der Waals surface area contributed by atoms with Crippen molar-refractivity contribution in [2.45, 2.75) is 6.61 Å². The first-order valence-electron chi connectivity index (χ1n) is 4.48. The molecule has 0 saturated heterocycles. The number of hydrogen-bond donors (Lipinski definition) is 1. The molecule has 4 heteroatoms. The van der Waals surface area contributed by atoms with E-state index in [1.807, 2.05) is 18.2 Å². The molecule has 0 fully saturated rings. The molecule has 0 amide bonds. The van der Waals surface area contributed by atoms with Crippen LogP contribution in [0, 0.1) is 0 Å². The first kappa shape index (κ1) is 10.1. The number of hydrogen-bond acceptors (Lipinski definition) is 3. The predicted octanol–water partition coefficient (Wildman–Crippen LogP) is 2.29. The Morgan fingerprint density at radius 3 is 2.53 bits per heavy atom. The van der Waals surface area contributed by atoms with Gasteiger partial charge in [-0.15, -0.1) is 0 Å². The average Bonchev–Trinajstić information content (AvgIpc) is 2.31. The van der Waals surface area contributed by atoms with Crippen molar-refractivity contribution >= 4 is 11.6 Å². The fraction of sp³-hybridized carbons (Fsp3) is 0.0909. The molecule has 2 rings (SSSR count). The van der Waals surface area contributed by atoms with Crippen molar-refractivity contribution in [3.63, 3.8) is 0 Å². The van der Waals surface area contributed by atoms with Crippen molar-refractivity contribution in [2.75, 3.05) is 0 Å². The van der Waals surface area contributed by atoms with Crippen molar-refractivity contribution in [1.29, 1.82) is 0 Å². The molecule has 0 spiro atoms. The fourth-order valence-corrected chi connectivity index (χ4v) is 1.44. The number of halogens is 1. The lowest BCUT2D eigenvalue weighted by Crippen LogP contribution is -1.93.